The lowest BCUT2D eigenvalue weighted by molar-refractivity contribution is -0.155. The number of sulfonamides is 1. The Bertz CT molecular complexity index is 1230. The number of nitrogens with zero attached hydrogens (tertiary/aromatic N) is 1. The molecule has 4 atom stereocenters. The summed E-state index contributed by atoms with van der Waals surface area (Å²) in [5.74, 6) is 0.306. The van der Waals surface area contributed by atoms with Gasteiger partial charge in [-0.05, 0) is 73.4 Å². The van der Waals surface area contributed by atoms with Gasteiger partial charge in [-0.25, -0.2) is 13.1 Å². The van der Waals surface area contributed by atoms with Crippen LogP contribution in [0.4, 0.5) is 0 Å². The number of hydrogen-bond acceptors (Lipinski definition) is 3. The molecule has 0 bridgehead atoms. The Morgan fingerprint density at radius 2 is 1.84 bits per heavy atom. The van der Waals surface area contributed by atoms with Crippen molar-refractivity contribution in [2.24, 2.45) is 11.3 Å². The van der Waals surface area contributed by atoms with Crippen LogP contribution in [0.5, 0.6) is 0 Å². The maximum absolute atomic E-state index is 14.4. The molecule has 5 nitrogen and oxygen atoms in total. The summed E-state index contributed by atoms with van der Waals surface area (Å²) in [6, 6.07) is 15.0. The molecule has 8 heteroatoms. The number of carbonyl (C=O) groups excluding carboxylic acids is 1. The average Bonchev–Trinajstić information content (AvgIpc) is 3.68. The van der Waals surface area contributed by atoms with Gasteiger partial charge in [0.2, 0.25) is 15.9 Å². The topological polar surface area (TPSA) is 66.5 Å². The minimum Gasteiger partial charge on any atom is -0.330 e. The highest BCUT2D eigenvalue weighted by atomic mass is 35.5. The van der Waals surface area contributed by atoms with E-state index in [1.165, 1.54) is 0 Å². The maximum atomic E-state index is 14.4. The van der Waals surface area contributed by atoms with Crippen LogP contribution in [0.3, 0.4) is 0 Å². The van der Waals surface area contributed by atoms with Gasteiger partial charge < -0.3 is 4.90 Å². The van der Waals surface area contributed by atoms with E-state index in [1.807, 2.05) is 67.3 Å². The van der Waals surface area contributed by atoms with E-state index in [1.54, 1.807) is 0 Å². The van der Waals surface area contributed by atoms with E-state index in [4.69, 9.17) is 23.2 Å². The van der Waals surface area contributed by atoms with Crippen LogP contribution in [0.1, 0.15) is 69.0 Å². The number of piperidine rings is 1. The quantitative estimate of drug-likeness (QED) is 0.308. The van der Waals surface area contributed by atoms with Crippen LogP contribution in [0.15, 0.2) is 61.2 Å². The van der Waals surface area contributed by atoms with Crippen LogP contribution in [-0.2, 0) is 14.8 Å². The number of likely N-dealkylation sites (tertiary alicyclic amines) is 1. The number of amides is 1. The van der Waals surface area contributed by atoms with Crippen molar-refractivity contribution in [2.75, 3.05) is 12.3 Å². The molecule has 1 saturated heterocycles. The third kappa shape index (κ3) is 6.42. The molecule has 0 spiro atoms. The van der Waals surface area contributed by atoms with E-state index in [2.05, 4.69) is 17.4 Å². The van der Waals surface area contributed by atoms with Crippen molar-refractivity contribution in [1.29, 1.82) is 0 Å². The Hall–Kier alpha value is -1.86. The van der Waals surface area contributed by atoms with E-state index in [-0.39, 0.29) is 42.1 Å². The summed E-state index contributed by atoms with van der Waals surface area (Å²) in [4.78, 5) is 16.4. The molecule has 4 rings (SSSR count). The minimum atomic E-state index is -3.43. The molecule has 37 heavy (non-hydrogen) atoms. The van der Waals surface area contributed by atoms with Gasteiger partial charge in [-0.3, -0.25) is 4.79 Å². The molecule has 2 aromatic carbocycles. The fourth-order valence-electron chi connectivity index (χ4n) is 5.78. The highest BCUT2D eigenvalue weighted by Crippen LogP contribution is 2.54. The molecule has 2 aromatic rings. The highest BCUT2D eigenvalue weighted by Gasteiger charge is 2.53. The molecule has 2 aliphatic rings. The van der Waals surface area contributed by atoms with Crippen molar-refractivity contribution in [2.45, 2.75) is 64.0 Å². The number of benzene rings is 2. The molecule has 1 saturated carbocycles. The zero-order valence-corrected chi connectivity index (χ0v) is 23.8. The van der Waals surface area contributed by atoms with E-state index < -0.39 is 15.4 Å². The Morgan fingerprint density at radius 3 is 2.43 bits per heavy atom. The first-order valence-corrected chi connectivity index (χ1v) is 15.4. The summed E-state index contributed by atoms with van der Waals surface area (Å²) < 4.78 is 28.1. The monoisotopic (exact) mass is 562 g/mol. The summed E-state index contributed by atoms with van der Waals surface area (Å²) in [5.41, 5.74) is 1.36. The second kappa shape index (κ2) is 11.5. The largest absolute Gasteiger partial charge is 0.330 e. The van der Waals surface area contributed by atoms with Gasteiger partial charge in [0.1, 0.15) is 0 Å². The molecule has 1 heterocycles. The van der Waals surface area contributed by atoms with Crippen LogP contribution < -0.4 is 4.72 Å². The summed E-state index contributed by atoms with van der Waals surface area (Å²) in [6.07, 6.45) is 5.44. The smallest absolute Gasteiger partial charge is 0.229 e. The molecule has 2 fully saturated rings. The molecule has 1 aliphatic heterocycles. The number of hydrogen-bond donors (Lipinski definition) is 1. The number of allylic oxidation sites excluding steroid dienone is 1. The molecular formula is C29H36Cl2N2O3S. The van der Waals surface area contributed by atoms with Gasteiger partial charge in [0.25, 0.3) is 0 Å². The van der Waals surface area contributed by atoms with Gasteiger partial charge in [0.05, 0.1) is 17.2 Å². The standard InChI is InChI=1S/C29H36Cl2N2O3S/c1-4-15-29(3)18-25(22-7-6-8-24(31)17-22)27(21-11-13-23(30)14-12-21)33(28(29)34)26(20-9-10-20)19-32-37(35,36)16-5-2/h4,6-8,11-14,17,20,25-27,32H,1,5,9-10,15-16,18-19H2,2-3H3/t25-,26?,27-,29+/m1/s1. The van der Waals surface area contributed by atoms with Crippen molar-refractivity contribution < 1.29 is 13.2 Å². The van der Waals surface area contributed by atoms with E-state index in [0.717, 1.165) is 24.0 Å². The van der Waals surface area contributed by atoms with Crippen LogP contribution >= 0.6 is 23.2 Å². The lowest BCUT2D eigenvalue weighted by atomic mass is 9.67. The molecule has 0 aromatic heterocycles. The Morgan fingerprint density at radius 1 is 1.14 bits per heavy atom. The normalized spacial score (nSPS) is 25.2. The van der Waals surface area contributed by atoms with Crippen LogP contribution in [0.25, 0.3) is 0 Å². The summed E-state index contributed by atoms with van der Waals surface area (Å²) in [5, 5.41) is 1.27. The number of carbonyl (C=O) groups is 1. The molecular weight excluding hydrogens is 527 g/mol. The predicted octanol–water partition coefficient (Wildman–Crippen LogP) is 6.74. The molecule has 1 N–H and O–H groups in total. The van der Waals surface area contributed by atoms with Gasteiger partial charge in [0.15, 0.2) is 0 Å². The fourth-order valence-corrected chi connectivity index (χ4v) is 7.21. The fraction of sp³-hybridized carbons (Fsp3) is 0.483. The van der Waals surface area contributed by atoms with Gasteiger partial charge in [0, 0.05) is 28.5 Å². The third-order valence-electron chi connectivity index (χ3n) is 7.69. The molecule has 1 unspecified atom stereocenters. The highest BCUT2D eigenvalue weighted by molar-refractivity contribution is 7.89. The van der Waals surface area contributed by atoms with Gasteiger partial charge in [-0.1, -0.05) is 67.4 Å². The zero-order chi connectivity index (χ0) is 26.8. The summed E-state index contributed by atoms with van der Waals surface area (Å²) in [6.45, 7) is 8.00. The Labute approximate surface area is 231 Å². The van der Waals surface area contributed by atoms with Crippen LogP contribution in [0.2, 0.25) is 10.0 Å². The lowest BCUT2D eigenvalue weighted by Crippen LogP contribution is -2.58. The molecule has 1 aliphatic carbocycles. The SMILES string of the molecule is C=CC[C@@]1(C)C[C@H](c2cccc(Cl)c2)[C@@H](c2ccc(Cl)cc2)N(C(CNS(=O)(=O)CCC)C2CC2)C1=O. The lowest BCUT2D eigenvalue weighted by Gasteiger charge is -2.52. The number of rotatable bonds is 11. The first-order chi connectivity index (χ1) is 17.6. The number of halogens is 2. The maximum Gasteiger partial charge on any atom is 0.229 e. The summed E-state index contributed by atoms with van der Waals surface area (Å²) in [7, 11) is -3.43. The van der Waals surface area contributed by atoms with Gasteiger partial charge in [-0.15, -0.1) is 6.58 Å². The van der Waals surface area contributed by atoms with Gasteiger partial charge >= 0.3 is 0 Å². The first-order valence-electron chi connectivity index (χ1n) is 13.0. The minimum absolute atomic E-state index is 0.0391. The van der Waals surface area contributed by atoms with E-state index >= 15 is 0 Å². The van der Waals surface area contributed by atoms with Crippen molar-refractivity contribution >= 4 is 39.1 Å². The van der Waals surface area contributed by atoms with Gasteiger partial charge in [-0.2, -0.15) is 0 Å². The molecule has 200 valence electrons. The average molecular weight is 564 g/mol. The van der Waals surface area contributed by atoms with Crippen LogP contribution in [0, 0.1) is 11.3 Å². The first kappa shape index (κ1) is 28.2. The van der Waals surface area contributed by atoms with Crippen molar-refractivity contribution in [3.05, 3.63) is 82.4 Å². The second-order valence-corrected chi connectivity index (χ2v) is 13.5. The van der Waals surface area contributed by atoms with Crippen molar-refractivity contribution in [3.8, 4) is 0 Å². The third-order valence-corrected chi connectivity index (χ3v) is 9.73. The zero-order valence-electron chi connectivity index (χ0n) is 21.5. The molecule has 1 amide bonds. The Kier molecular flexibility index (Phi) is 8.74. The van der Waals surface area contributed by atoms with E-state index in [0.29, 0.717) is 29.3 Å². The van der Waals surface area contributed by atoms with Crippen LogP contribution in [-0.4, -0.2) is 37.6 Å². The second-order valence-electron chi connectivity index (χ2n) is 10.7. The van der Waals surface area contributed by atoms with Crippen molar-refractivity contribution in [1.82, 2.24) is 9.62 Å². The summed E-state index contributed by atoms with van der Waals surface area (Å²) >= 11 is 12.7. The predicted molar refractivity (Wildman–Crippen MR) is 151 cm³/mol. The Balaban J connectivity index is 1.85. The molecule has 0 radical (unpaired) electrons. The number of nitrogens with one attached hydrogen (secondary N) is 1. The van der Waals surface area contributed by atoms with Crippen molar-refractivity contribution in [3.63, 3.8) is 0 Å². The van der Waals surface area contributed by atoms with E-state index in [9.17, 15) is 13.2 Å².